The molecule has 0 fully saturated rings. The molecule has 0 aliphatic rings. The minimum atomic E-state index is 0.762. The molecule has 4 nitrogen and oxygen atoms in total. The maximum Gasteiger partial charge on any atom is 0.144 e. The Kier molecular flexibility index (Phi) is 3.93. The highest BCUT2D eigenvalue weighted by Crippen LogP contribution is 2.34. The number of anilines is 1. The number of hydrogen-bond acceptors (Lipinski definition) is 4. The van der Waals surface area contributed by atoms with E-state index in [1.807, 2.05) is 31.3 Å². The zero-order chi connectivity index (χ0) is 17.4. The molecule has 25 heavy (non-hydrogen) atoms. The van der Waals surface area contributed by atoms with Crippen molar-refractivity contribution in [2.24, 2.45) is 7.05 Å². The Morgan fingerprint density at radius 3 is 2.40 bits per heavy atom. The van der Waals surface area contributed by atoms with E-state index in [1.54, 1.807) is 18.1 Å². The average Bonchev–Trinajstić information content (AvgIpc) is 2.96. The fourth-order valence-electron chi connectivity index (χ4n) is 2.84. The van der Waals surface area contributed by atoms with Gasteiger partial charge in [-0.2, -0.15) is 0 Å². The van der Waals surface area contributed by atoms with Crippen molar-refractivity contribution in [2.75, 3.05) is 5.73 Å². The Morgan fingerprint density at radius 1 is 0.960 bits per heavy atom. The van der Waals surface area contributed by atoms with Gasteiger partial charge in [-0.25, -0.2) is 9.97 Å². The van der Waals surface area contributed by atoms with Crippen molar-refractivity contribution in [1.82, 2.24) is 14.5 Å². The number of hydrogen-bond donors (Lipinski definition) is 1. The third-order valence-electron chi connectivity index (χ3n) is 4.23. The number of aryl methyl sites for hydroxylation is 2. The molecular formula is C20H18N4S. The van der Waals surface area contributed by atoms with Crippen LogP contribution in [0.4, 0.5) is 5.69 Å². The van der Waals surface area contributed by atoms with Crippen LogP contribution in [0.5, 0.6) is 0 Å². The van der Waals surface area contributed by atoms with E-state index in [0.717, 1.165) is 33.0 Å². The number of fused-ring (bicyclic) bond motifs is 1. The molecule has 4 rings (SSSR count). The molecule has 0 bridgehead atoms. The molecule has 0 spiro atoms. The quantitative estimate of drug-likeness (QED) is 0.432. The van der Waals surface area contributed by atoms with Crippen LogP contribution in [0.1, 0.15) is 5.56 Å². The summed E-state index contributed by atoms with van der Waals surface area (Å²) in [5, 5.41) is 2.02. The number of rotatable bonds is 3. The summed E-state index contributed by atoms with van der Waals surface area (Å²) in [7, 11) is 2.03. The van der Waals surface area contributed by atoms with E-state index >= 15 is 0 Å². The van der Waals surface area contributed by atoms with Crippen molar-refractivity contribution in [1.29, 1.82) is 0 Å². The third kappa shape index (κ3) is 2.98. The Hall–Kier alpha value is -2.79. The topological polar surface area (TPSA) is 56.7 Å². The first kappa shape index (κ1) is 15.7. The number of nitrogen functional groups attached to an aromatic ring is 1. The van der Waals surface area contributed by atoms with Gasteiger partial charge < -0.3 is 10.3 Å². The molecule has 0 saturated heterocycles. The lowest BCUT2D eigenvalue weighted by molar-refractivity contribution is 0.944. The van der Waals surface area contributed by atoms with Crippen LogP contribution >= 0.6 is 11.8 Å². The Labute approximate surface area is 150 Å². The van der Waals surface area contributed by atoms with Gasteiger partial charge in [0, 0.05) is 17.6 Å². The second-order valence-electron chi connectivity index (χ2n) is 6.04. The van der Waals surface area contributed by atoms with Crippen molar-refractivity contribution in [3.8, 4) is 11.3 Å². The van der Waals surface area contributed by atoms with Gasteiger partial charge >= 0.3 is 0 Å². The summed E-state index contributed by atoms with van der Waals surface area (Å²) < 4.78 is 2.10. The normalized spacial score (nSPS) is 11.1. The number of nitrogens with zero attached hydrogens (tertiary/aromatic N) is 3. The van der Waals surface area contributed by atoms with Crippen molar-refractivity contribution in [3.63, 3.8) is 0 Å². The standard InChI is InChI=1S/C20H18N4S/c1-13-3-9-16(10-4-13)25-20-17-11-18(14-5-7-15(21)8-6-14)24(2)19(17)22-12-23-20/h3-12H,21H2,1-2H3. The minimum absolute atomic E-state index is 0.762. The monoisotopic (exact) mass is 346 g/mol. The van der Waals surface area contributed by atoms with Gasteiger partial charge in [-0.1, -0.05) is 41.6 Å². The predicted molar refractivity (Wildman–Crippen MR) is 104 cm³/mol. The minimum Gasteiger partial charge on any atom is -0.399 e. The molecule has 0 saturated carbocycles. The predicted octanol–water partition coefficient (Wildman–Crippen LogP) is 4.68. The molecule has 0 unspecified atom stereocenters. The first-order chi connectivity index (χ1) is 12.1. The molecule has 124 valence electrons. The van der Waals surface area contributed by atoms with E-state index in [1.165, 1.54) is 10.5 Å². The molecule has 2 aromatic heterocycles. The Balaban J connectivity index is 1.80. The number of benzene rings is 2. The van der Waals surface area contributed by atoms with E-state index in [4.69, 9.17) is 5.73 Å². The fraction of sp³-hybridized carbons (Fsp3) is 0.100. The molecule has 4 aromatic rings. The van der Waals surface area contributed by atoms with Crippen molar-refractivity contribution in [2.45, 2.75) is 16.8 Å². The van der Waals surface area contributed by atoms with Crippen LogP contribution in [0.15, 0.2) is 70.8 Å². The molecule has 0 amide bonds. The van der Waals surface area contributed by atoms with Crippen molar-refractivity contribution < 1.29 is 0 Å². The highest BCUT2D eigenvalue weighted by molar-refractivity contribution is 7.99. The first-order valence-electron chi connectivity index (χ1n) is 8.03. The van der Waals surface area contributed by atoms with E-state index < -0.39 is 0 Å². The van der Waals surface area contributed by atoms with Gasteiger partial charge in [0.15, 0.2) is 0 Å². The molecule has 2 heterocycles. The highest BCUT2D eigenvalue weighted by atomic mass is 32.2. The lowest BCUT2D eigenvalue weighted by Gasteiger charge is -2.04. The zero-order valence-corrected chi connectivity index (χ0v) is 14.9. The molecule has 2 aromatic carbocycles. The van der Waals surface area contributed by atoms with Gasteiger partial charge in [0.25, 0.3) is 0 Å². The van der Waals surface area contributed by atoms with Crippen LogP contribution in [-0.4, -0.2) is 14.5 Å². The van der Waals surface area contributed by atoms with Crippen LogP contribution in [0.2, 0.25) is 0 Å². The van der Waals surface area contributed by atoms with Crippen LogP contribution in [0, 0.1) is 6.92 Å². The first-order valence-corrected chi connectivity index (χ1v) is 8.84. The molecule has 2 N–H and O–H groups in total. The molecule has 0 aliphatic heterocycles. The number of aromatic nitrogens is 3. The van der Waals surface area contributed by atoms with E-state index in [-0.39, 0.29) is 0 Å². The van der Waals surface area contributed by atoms with Gasteiger partial charge in [-0.3, -0.25) is 0 Å². The lowest BCUT2D eigenvalue weighted by Crippen LogP contribution is -1.94. The summed E-state index contributed by atoms with van der Waals surface area (Å²) in [6.45, 7) is 2.09. The maximum atomic E-state index is 5.81. The van der Waals surface area contributed by atoms with Gasteiger partial charge in [-0.15, -0.1) is 0 Å². The molecule has 0 atom stereocenters. The molecule has 0 aliphatic carbocycles. The van der Waals surface area contributed by atoms with Gasteiger partial charge in [0.1, 0.15) is 17.0 Å². The van der Waals surface area contributed by atoms with E-state index in [2.05, 4.69) is 51.8 Å². The van der Waals surface area contributed by atoms with Crippen molar-refractivity contribution >= 4 is 28.5 Å². The molecule has 5 heteroatoms. The summed E-state index contributed by atoms with van der Waals surface area (Å²) in [6, 6.07) is 18.5. The van der Waals surface area contributed by atoms with E-state index in [9.17, 15) is 0 Å². The second-order valence-corrected chi connectivity index (χ2v) is 7.10. The summed E-state index contributed by atoms with van der Waals surface area (Å²) in [6.07, 6.45) is 1.63. The smallest absolute Gasteiger partial charge is 0.144 e. The van der Waals surface area contributed by atoms with Gasteiger partial charge in [-0.05, 0) is 42.8 Å². The Bertz CT molecular complexity index is 1030. The average molecular weight is 346 g/mol. The summed E-state index contributed by atoms with van der Waals surface area (Å²) in [4.78, 5) is 10.1. The summed E-state index contributed by atoms with van der Waals surface area (Å²) in [5.74, 6) is 0. The third-order valence-corrected chi connectivity index (χ3v) is 5.25. The summed E-state index contributed by atoms with van der Waals surface area (Å²) in [5.41, 5.74) is 11.0. The second kappa shape index (κ2) is 6.26. The van der Waals surface area contributed by atoms with Crippen LogP contribution < -0.4 is 5.73 Å². The van der Waals surface area contributed by atoms with Gasteiger partial charge in [0.05, 0.1) is 11.1 Å². The zero-order valence-electron chi connectivity index (χ0n) is 14.1. The van der Waals surface area contributed by atoms with E-state index in [0.29, 0.717) is 0 Å². The largest absolute Gasteiger partial charge is 0.399 e. The van der Waals surface area contributed by atoms with Crippen LogP contribution in [0.25, 0.3) is 22.3 Å². The fourth-order valence-corrected chi connectivity index (χ4v) is 3.70. The SMILES string of the molecule is Cc1ccc(Sc2ncnc3c2cc(-c2ccc(N)cc2)n3C)cc1. The summed E-state index contributed by atoms with van der Waals surface area (Å²) >= 11 is 1.66. The number of nitrogens with two attached hydrogens (primary N) is 1. The van der Waals surface area contributed by atoms with Crippen LogP contribution in [0.3, 0.4) is 0 Å². The van der Waals surface area contributed by atoms with Gasteiger partial charge in [0.2, 0.25) is 0 Å². The highest BCUT2D eigenvalue weighted by Gasteiger charge is 2.13. The lowest BCUT2D eigenvalue weighted by atomic mass is 10.1. The van der Waals surface area contributed by atoms with Crippen LogP contribution in [-0.2, 0) is 7.05 Å². The maximum absolute atomic E-state index is 5.81. The molecule has 0 radical (unpaired) electrons. The van der Waals surface area contributed by atoms with Crippen molar-refractivity contribution in [3.05, 3.63) is 66.5 Å². The Morgan fingerprint density at radius 2 is 1.68 bits per heavy atom. The molecular weight excluding hydrogens is 328 g/mol.